The van der Waals surface area contributed by atoms with Crippen LogP contribution in [-0.2, 0) is 16.1 Å². The lowest BCUT2D eigenvalue weighted by Gasteiger charge is -2.21. The van der Waals surface area contributed by atoms with Crippen molar-refractivity contribution in [1.82, 2.24) is 19.7 Å². The van der Waals surface area contributed by atoms with E-state index in [0.717, 1.165) is 23.4 Å². The molecule has 0 aliphatic carbocycles. The molecule has 2 heterocycles. The fraction of sp³-hybridized carbons (Fsp3) is 0.333. The van der Waals surface area contributed by atoms with Crippen molar-refractivity contribution >= 4 is 29.3 Å². The molecular formula is C21H25N5O3S. The third-order valence-corrected chi connectivity index (χ3v) is 5.38. The van der Waals surface area contributed by atoms with Crippen LogP contribution in [-0.4, -0.2) is 50.3 Å². The smallest absolute Gasteiger partial charge is 0.244 e. The van der Waals surface area contributed by atoms with Gasteiger partial charge in [0.25, 0.3) is 0 Å². The van der Waals surface area contributed by atoms with E-state index in [1.165, 1.54) is 11.8 Å². The number of nitrogens with one attached hydrogen (secondary N) is 1. The van der Waals surface area contributed by atoms with Crippen molar-refractivity contribution in [3.8, 4) is 0 Å². The molecule has 9 heteroatoms. The number of nitrogens with zero attached hydrogens (tertiary/aromatic N) is 4. The Morgan fingerprint density at radius 1 is 1.23 bits per heavy atom. The number of hydrogen-bond acceptors (Lipinski definition) is 6. The summed E-state index contributed by atoms with van der Waals surface area (Å²) in [4.78, 5) is 26.8. The summed E-state index contributed by atoms with van der Waals surface area (Å²) in [6.45, 7) is 4.93. The number of benzene rings is 1. The van der Waals surface area contributed by atoms with Gasteiger partial charge in [-0.3, -0.25) is 9.59 Å². The molecule has 1 N–H and O–H groups in total. The topological polar surface area (TPSA) is 93.3 Å². The van der Waals surface area contributed by atoms with Gasteiger partial charge in [-0.05, 0) is 37.1 Å². The van der Waals surface area contributed by atoms with Gasteiger partial charge in [0.05, 0.1) is 25.1 Å². The highest BCUT2D eigenvalue weighted by Crippen LogP contribution is 2.18. The molecule has 0 aliphatic rings. The monoisotopic (exact) mass is 427 g/mol. The van der Waals surface area contributed by atoms with Crippen LogP contribution in [0.1, 0.15) is 24.7 Å². The molecule has 0 saturated heterocycles. The number of aromatic nitrogens is 3. The lowest BCUT2D eigenvalue weighted by molar-refractivity contribution is -0.132. The van der Waals surface area contributed by atoms with Gasteiger partial charge in [-0.25, -0.2) is 0 Å². The molecule has 0 unspecified atom stereocenters. The lowest BCUT2D eigenvalue weighted by Crippen LogP contribution is -2.39. The Kier molecular flexibility index (Phi) is 7.67. The van der Waals surface area contributed by atoms with Gasteiger partial charge in [0.15, 0.2) is 5.16 Å². The van der Waals surface area contributed by atoms with Crippen molar-refractivity contribution in [1.29, 1.82) is 0 Å². The number of amides is 2. The molecule has 3 rings (SSSR count). The molecule has 0 fully saturated rings. The number of hydrogen-bond donors (Lipinski definition) is 1. The Morgan fingerprint density at radius 3 is 2.80 bits per heavy atom. The van der Waals surface area contributed by atoms with Crippen molar-refractivity contribution in [2.75, 3.05) is 24.2 Å². The normalized spacial score (nSPS) is 10.7. The summed E-state index contributed by atoms with van der Waals surface area (Å²) in [6, 6.07) is 11.3. The number of carbonyl (C=O) groups is 2. The van der Waals surface area contributed by atoms with E-state index in [0.29, 0.717) is 18.2 Å². The third-order valence-electron chi connectivity index (χ3n) is 4.41. The largest absolute Gasteiger partial charge is 0.467 e. The summed E-state index contributed by atoms with van der Waals surface area (Å²) in [5.41, 5.74) is 1.73. The van der Waals surface area contributed by atoms with Crippen LogP contribution in [0.5, 0.6) is 0 Å². The second-order valence-corrected chi connectivity index (χ2v) is 7.73. The summed E-state index contributed by atoms with van der Waals surface area (Å²) in [6.07, 6.45) is 3.98. The Labute approximate surface area is 179 Å². The summed E-state index contributed by atoms with van der Waals surface area (Å²) >= 11 is 1.30. The average Bonchev–Trinajstić information content (AvgIpc) is 3.40. The summed E-state index contributed by atoms with van der Waals surface area (Å²) in [5, 5.41) is 11.5. The number of carbonyl (C=O) groups excluding carboxylic acids is 2. The Hall–Kier alpha value is -3.07. The van der Waals surface area contributed by atoms with Gasteiger partial charge in [0, 0.05) is 12.2 Å². The van der Waals surface area contributed by atoms with Crippen molar-refractivity contribution in [2.24, 2.45) is 0 Å². The molecule has 3 aromatic rings. The van der Waals surface area contributed by atoms with E-state index in [1.54, 1.807) is 17.5 Å². The molecule has 0 saturated carbocycles. The molecule has 30 heavy (non-hydrogen) atoms. The maximum absolute atomic E-state index is 12.8. The van der Waals surface area contributed by atoms with E-state index in [9.17, 15) is 9.59 Å². The number of para-hydroxylation sites is 1. The summed E-state index contributed by atoms with van der Waals surface area (Å²) in [7, 11) is 0. The van der Waals surface area contributed by atoms with Crippen molar-refractivity contribution < 1.29 is 14.0 Å². The van der Waals surface area contributed by atoms with Crippen LogP contribution in [0, 0.1) is 6.92 Å². The average molecular weight is 428 g/mol. The van der Waals surface area contributed by atoms with Crippen molar-refractivity contribution in [3.63, 3.8) is 0 Å². The highest BCUT2D eigenvalue weighted by atomic mass is 32.2. The Bertz CT molecular complexity index is 971. The maximum atomic E-state index is 12.8. The zero-order valence-electron chi connectivity index (χ0n) is 17.1. The van der Waals surface area contributed by atoms with Crippen LogP contribution in [0.3, 0.4) is 0 Å². The fourth-order valence-electron chi connectivity index (χ4n) is 2.89. The van der Waals surface area contributed by atoms with E-state index in [4.69, 9.17) is 4.42 Å². The number of rotatable bonds is 10. The van der Waals surface area contributed by atoms with Gasteiger partial charge in [-0.15, -0.1) is 10.2 Å². The molecule has 2 amide bonds. The molecule has 0 radical (unpaired) electrons. The minimum atomic E-state index is -0.211. The van der Waals surface area contributed by atoms with E-state index >= 15 is 0 Å². The first-order valence-electron chi connectivity index (χ1n) is 9.73. The van der Waals surface area contributed by atoms with Crippen LogP contribution >= 0.6 is 11.8 Å². The Balaban J connectivity index is 1.56. The molecular weight excluding hydrogens is 402 g/mol. The molecule has 8 nitrogen and oxygen atoms in total. The van der Waals surface area contributed by atoms with Gasteiger partial charge in [-0.1, -0.05) is 36.9 Å². The standard InChI is InChI=1S/C21H25N5O3S/c1-3-10-25(13-19(27)23-18-9-5-4-7-16(18)2)20(28)14-30-21-24-22-15-26(21)12-17-8-6-11-29-17/h4-9,11,15H,3,10,12-14H2,1-2H3,(H,23,27). The highest BCUT2D eigenvalue weighted by molar-refractivity contribution is 7.99. The molecule has 1 aromatic carbocycles. The van der Waals surface area contributed by atoms with Crippen LogP contribution < -0.4 is 5.32 Å². The van der Waals surface area contributed by atoms with Gasteiger partial charge < -0.3 is 19.2 Å². The van der Waals surface area contributed by atoms with Crippen LogP contribution in [0.4, 0.5) is 5.69 Å². The number of furan rings is 1. The minimum Gasteiger partial charge on any atom is -0.467 e. The first-order chi connectivity index (χ1) is 14.6. The zero-order valence-corrected chi connectivity index (χ0v) is 17.9. The zero-order chi connectivity index (χ0) is 21.3. The molecule has 0 spiro atoms. The van der Waals surface area contributed by atoms with Gasteiger partial charge in [0.1, 0.15) is 12.1 Å². The van der Waals surface area contributed by atoms with Gasteiger partial charge in [0.2, 0.25) is 11.8 Å². The SMILES string of the molecule is CCCN(CC(=O)Nc1ccccc1C)C(=O)CSc1nncn1Cc1ccco1. The highest BCUT2D eigenvalue weighted by Gasteiger charge is 2.18. The predicted octanol–water partition coefficient (Wildman–Crippen LogP) is 3.20. The summed E-state index contributed by atoms with van der Waals surface area (Å²) < 4.78 is 7.18. The molecule has 0 bridgehead atoms. The van der Waals surface area contributed by atoms with Gasteiger partial charge in [-0.2, -0.15) is 0 Å². The van der Waals surface area contributed by atoms with Crippen molar-refractivity contribution in [3.05, 3.63) is 60.3 Å². The molecule has 0 atom stereocenters. The second-order valence-electron chi connectivity index (χ2n) is 6.79. The minimum absolute atomic E-state index is 0.0145. The van der Waals surface area contributed by atoms with Crippen LogP contribution in [0.15, 0.2) is 58.6 Å². The second kappa shape index (κ2) is 10.6. The molecule has 2 aromatic heterocycles. The Morgan fingerprint density at radius 2 is 2.07 bits per heavy atom. The van der Waals surface area contributed by atoms with Crippen LogP contribution in [0.25, 0.3) is 0 Å². The van der Waals surface area contributed by atoms with Crippen molar-refractivity contribution in [2.45, 2.75) is 32.0 Å². The number of anilines is 1. The lowest BCUT2D eigenvalue weighted by atomic mass is 10.2. The van der Waals surface area contributed by atoms with E-state index in [-0.39, 0.29) is 24.1 Å². The first-order valence-corrected chi connectivity index (χ1v) is 10.7. The molecule has 158 valence electrons. The fourth-order valence-corrected chi connectivity index (χ4v) is 3.71. The van der Waals surface area contributed by atoms with Gasteiger partial charge >= 0.3 is 0 Å². The quantitative estimate of drug-likeness (QED) is 0.500. The number of aryl methyl sites for hydroxylation is 1. The summed E-state index contributed by atoms with van der Waals surface area (Å²) in [5.74, 6) is 0.629. The maximum Gasteiger partial charge on any atom is 0.244 e. The van der Waals surface area contributed by atoms with E-state index in [1.807, 2.05) is 54.8 Å². The molecule has 0 aliphatic heterocycles. The first kappa shape index (κ1) is 21.6. The van der Waals surface area contributed by atoms with Crippen LogP contribution in [0.2, 0.25) is 0 Å². The van der Waals surface area contributed by atoms with E-state index in [2.05, 4.69) is 15.5 Å². The predicted molar refractivity (Wildman–Crippen MR) is 115 cm³/mol. The third kappa shape index (κ3) is 5.96. The number of thioether (sulfide) groups is 1. The van der Waals surface area contributed by atoms with E-state index < -0.39 is 0 Å².